The van der Waals surface area contributed by atoms with Crippen molar-refractivity contribution in [2.75, 3.05) is 13.1 Å². The second-order valence-electron chi connectivity index (χ2n) is 5.48. The van der Waals surface area contributed by atoms with Crippen molar-refractivity contribution < 1.29 is 0 Å². The van der Waals surface area contributed by atoms with Gasteiger partial charge in [-0.15, -0.1) is 24.0 Å². The molecule has 0 saturated carbocycles. The average Bonchev–Trinajstić information content (AvgIpc) is 2.75. The molecule has 2 rings (SSSR count). The molecule has 0 aliphatic carbocycles. The number of nitrogens with zero attached hydrogens (tertiary/aromatic N) is 2. The van der Waals surface area contributed by atoms with Crippen LogP contribution in [0, 0.1) is 5.92 Å². The minimum Gasteiger partial charge on any atom is -0.370 e. The van der Waals surface area contributed by atoms with Gasteiger partial charge in [-0.05, 0) is 24.5 Å². The van der Waals surface area contributed by atoms with Crippen LogP contribution in [0.4, 0.5) is 0 Å². The Bertz CT molecular complexity index is 674. The molecule has 0 bridgehead atoms. The minimum atomic E-state index is -0.103. The van der Waals surface area contributed by atoms with Gasteiger partial charge in [0, 0.05) is 19.6 Å². The number of aliphatic imine (C=N–C) groups is 1. The Morgan fingerprint density at radius 1 is 1.41 bits per heavy atom. The molecule has 2 aromatic rings. The van der Waals surface area contributed by atoms with E-state index in [1.165, 1.54) is 0 Å². The molecule has 1 heterocycles. The van der Waals surface area contributed by atoms with Crippen molar-refractivity contribution >= 4 is 41.0 Å². The summed E-state index contributed by atoms with van der Waals surface area (Å²) in [4.78, 5) is 19.0. The van der Waals surface area contributed by atoms with Crippen molar-refractivity contribution in [2.45, 2.75) is 26.8 Å². The van der Waals surface area contributed by atoms with Crippen molar-refractivity contribution in [2.24, 2.45) is 16.6 Å². The van der Waals surface area contributed by atoms with Gasteiger partial charge in [-0.3, -0.25) is 9.56 Å². The predicted octanol–water partition coefficient (Wildman–Crippen LogP) is 1.90. The van der Waals surface area contributed by atoms with Gasteiger partial charge < -0.3 is 16.0 Å². The first-order chi connectivity index (χ1) is 10.1. The smallest absolute Gasteiger partial charge is 0.326 e. The third-order valence-electron chi connectivity index (χ3n) is 3.31. The maximum absolute atomic E-state index is 11.9. The Hall–Kier alpha value is -1.51. The van der Waals surface area contributed by atoms with Crippen LogP contribution in [0.2, 0.25) is 0 Å². The molecule has 0 spiro atoms. The molecule has 0 saturated heterocycles. The first-order valence-corrected chi connectivity index (χ1v) is 7.29. The number of rotatable bonds is 6. The molecule has 0 radical (unpaired) electrons. The van der Waals surface area contributed by atoms with E-state index in [4.69, 9.17) is 5.73 Å². The van der Waals surface area contributed by atoms with E-state index in [0.29, 0.717) is 25.0 Å². The van der Waals surface area contributed by atoms with Gasteiger partial charge in [-0.25, -0.2) is 4.79 Å². The second kappa shape index (κ2) is 8.82. The molecule has 1 aromatic carbocycles. The standard InChI is InChI=1S/C15H23N5O.HI/c1-11(2)7-8-17-14(16)18-9-10-20-13-6-4-3-5-12(13)19-15(20)21;/h3-6,11H,7-10H2,1-2H3,(H,19,21)(H3,16,17,18);1H. The number of fused-ring (bicyclic) bond motifs is 1. The third kappa shape index (κ3) is 5.04. The Morgan fingerprint density at radius 2 is 2.14 bits per heavy atom. The lowest BCUT2D eigenvalue weighted by Crippen LogP contribution is -2.35. The topological polar surface area (TPSA) is 88.2 Å². The molecule has 0 atom stereocenters. The molecule has 0 aliphatic rings. The number of aromatic nitrogens is 2. The average molecular weight is 417 g/mol. The van der Waals surface area contributed by atoms with E-state index in [2.05, 4.69) is 29.1 Å². The number of halogens is 1. The van der Waals surface area contributed by atoms with E-state index in [0.717, 1.165) is 24.0 Å². The van der Waals surface area contributed by atoms with E-state index in [1.54, 1.807) is 4.57 Å². The van der Waals surface area contributed by atoms with E-state index in [-0.39, 0.29) is 29.7 Å². The molecule has 7 heteroatoms. The minimum absolute atomic E-state index is 0. The number of para-hydroxylation sites is 2. The molecule has 0 fully saturated rings. The van der Waals surface area contributed by atoms with Crippen LogP contribution < -0.4 is 16.7 Å². The summed E-state index contributed by atoms with van der Waals surface area (Å²) in [7, 11) is 0. The molecule has 22 heavy (non-hydrogen) atoms. The fraction of sp³-hybridized carbons (Fsp3) is 0.467. The van der Waals surface area contributed by atoms with Gasteiger partial charge in [-0.2, -0.15) is 0 Å². The third-order valence-corrected chi connectivity index (χ3v) is 3.31. The number of H-pyrrole nitrogens is 1. The Morgan fingerprint density at radius 3 is 2.86 bits per heavy atom. The molecule has 122 valence electrons. The largest absolute Gasteiger partial charge is 0.370 e. The van der Waals surface area contributed by atoms with Gasteiger partial charge in [0.05, 0.1) is 11.0 Å². The van der Waals surface area contributed by atoms with Crippen LogP contribution in [-0.4, -0.2) is 28.6 Å². The molecular formula is C15H24IN5O. The number of hydrogen-bond donors (Lipinski definition) is 3. The summed E-state index contributed by atoms with van der Waals surface area (Å²) in [6.07, 6.45) is 1.02. The Balaban J connectivity index is 0.00000242. The van der Waals surface area contributed by atoms with E-state index >= 15 is 0 Å². The zero-order valence-electron chi connectivity index (χ0n) is 13.0. The SMILES string of the molecule is CC(C)CCN=C(N)NCCn1c(=O)[nH]c2ccccc21.I. The van der Waals surface area contributed by atoms with Crippen LogP contribution in [0.3, 0.4) is 0 Å². The summed E-state index contributed by atoms with van der Waals surface area (Å²) in [6.45, 7) is 6.15. The molecule has 0 unspecified atom stereocenters. The first-order valence-electron chi connectivity index (χ1n) is 7.29. The highest BCUT2D eigenvalue weighted by Crippen LogP contribution is 2.08. The van der Waals surface area contributed by atoms with Gasteiger partial charge in [0.25, 0.3) is 0 Å². The summed E-state index contributed by atoms with van der Waals surface area (Å²) in [5.74, 6) is 1.05. The molecule has 6 nitrogen and oxygen atoms in total. The summed E-state index contributed by atoms with van der Waals surface area (Å²) < 4.78 is 1.70. The van der Waals surface area contributed by atoms with Crippen molar-refractivity contribution in [3.05, 3.63) is 34.7 Å². The van der Waals surface area contributed by atoms with Crippen molar-refractivity contribution in [3.63, 3.8) is 0 Å². The highest BCUT2D eigenvalue weighted by Gasteiger charge is 2.05. The van der Waals surface area contributed by atoms with E-state index < -0.39 is 0 Å². The highest BCUT2D eigenvalue weighted by molar-refractivity contribution is 14.0. The number of guanidine groups is 1. The summed E-state index contributed by atoms with van der Waals surface area (Å²) in [5, 5.41) is 3.04. The monoisotopic (exact) mass is 417 g/mol. The van der Waals surface area contributed by atoms with Crippen LogP contribution in [0.15, 0.2) is 34.1 Å². The fourth-order valence-electron chi connectivity index (χ4n) is 2.12. The normalized spacial score (nSPS) is 11.7. The number of nitrogens with two attached hydrogens (primary N) is 1. The van der Waals surface area contributed by atoms with Gasteiger partial charge >= 0.3 is 5.69 Å². The zero-order valence-corrected chi connectivity index (χ0v) is 15.3. The van der Waals surface area contributed by atoms with E-state index in [9.17, 15) is 4.79 Å². The Kier molecular flexibility index (Phi) is 7.43. The number of hydrogen-bond acceptors (Lipinski definition) is 2. The quantitative estimate of drug-likeness (QED) is 0.381. The van der Waals surface area contributed by atoms with Crippen molar-refractivity contribution in [1.29, 1.82) is 0 Å². The summed E-state index contributed by atoms with van der Waals surface area (Å²) in [5.41, 5.74) is 7.44. The number of benzene rings is 1. The summed E-state index contributed by atoms with van der Waals surface area (Å²) >= 11 is 0. The lowest BCUT2D eigenvalue weighted by atomic mass is 10.1. The van der Waals surface area contributed by atoms with Crippen molar-refractivity contribution in [1.82, 2.24) is 14.9 Å². The zero-order chi connectivity index (χ0) is 15.2. The second-order valence-corrected chi connectivity index (χ2v) is 5.48. The van der Waals surface area contributed by atoms with E-state index in [1.807, 2.05) is 24.3 Å². The maximum atomic E-state index is 11.9. The lowest BCUT2D eigenvalue weighted by Gasteiger charge is -2.07. The molecule has 0 aliphatic heterocycles. The molecule has 4 N–H and O–H groups in total. The Labute approximate surface area is 147 Å². The predicted molar refractivity (Wildman–Crippen MR) is 102 cm³/mol. The highest BCUT2D eigenvalue weighted by atomic mass is 127. The van der Waals surface area contributed by atoms with Gasteiger partial charge in [0.15, 0.2) is 5.96 Å². The molecule has 1 aromatic heterocycles. The fourth-order valence-corrected chi connectivity index (χ4v) is 2.12. The van der Waals surface area contributed by atoms with Crippen LogP contribution in [0.25, 0.3) is 11.0 Å². The maximum Gasteiger partial charge on any atom is 0.326 e. The van der Waals surface area contributed by atoms with Gasteiger partial charge in [0.1, 0.15) is 0 Å². The molecular weight excluding hydrogens is 393 g/mol. The van der Waals surface area contributed by atoms with Crippen LogP contribution >= 0.6 is 24.0 Å². The summed E-state index contributed by atoms with van der Waals surface area (Å²) in [6, 6.07) is 7.64. The van der Waals surface area contributed by atoms with Gasteiger partial charge in [0.2, 0.25) is 0 Å². The van der Waals surface area contributed by atoms with Crippen LogP contribution in [-0.2, 0) is 6.54 Å². The lowest BCUT2D eigenvalue weighted by molar-refractivity contribution is 0.594. The van der Waals surface area contributed by atoms with Crippen LogP contribution in [0.1, 0.15) is 20.3 Å². The number of aromatic amines is 1. The van der Waals surface area contributed by atoms with Gasteiger partial charge in [-0.1, -0.05) is 26.0 Å². The molecule has 0 amide bonds. The number of nitrogens with one attached hydrogen (secondary N) is 2. The van der Waals surface area contributed by atoms with Crippen molar-refractivity contribution in [3.8, 4) is 0 Å². The number of imidazole rings is 1. The van der Waals surface area contributed by atoms with Crippen LogP contribution in [0.5, 0.6) is 0 Å². The first kappa shape index (κ1) is 18.5.